The SMILES string of the molecule is CCOc1cc2c(cc1OC)C(c1ccc(OC)nc1)=N[C@@H]1CC[C@@H](O)C[C@H]21.O=C(O)C(=O)O. The Labute approximate surface area is 196 Å². The molecule has 1 fully saturated rings. The number of aromatic nitrogens is 1. The number of rotatable bonds is 5. The minimum atomic E-state index is -1.82. The number of carbonyl (C=O) groups is 2. The number of benzene rings is 1. The van der Waals surface area contributed by atoms with Crippen molar-refractivity contribution < 1.29 is 39.1 Å². The van der Waals surface area contributed by atoms with E-state index >= 15 is 0 Å². The van der Waals surface area contributed by atoms with Gasteiger partial charge in [0.25, 0.3) is 0 Å². The van der Waals surface area contributed by atoms with E-state index in [9.17, 15) is 5.11 Å². The number of hydrogen-bond acceptors (Lipinski definition) is 8. The topological polar surface area (TPSA) is 148 Å². The normalized spacial score (nSPS) is 20.5. The first-order valence-corrected chi connectivity index (χ1v) is 10.9. The summed E-state index contributed by atoms with van der Waals surface area (Å²) in [4.78, 5) is 27.6. The summed E-state index contributed by atoms with van der Waals surface area (Å²) in [5, 5.41) is 25.0. The van der Waals surface area contributed by atoms with Crippen LogP contribution in [-0.2, 0) is 9.59 Å². The molecule has 34 heavy (non-hydrogen) atoms. The molecule has 2 aromatic rings. The molecule has 0 bridgehead atoms. The Morgan fingerprint density at radius 3 is 2.35 bits per heavy atom. The Morgan fingerprint density at radius 1 is 1.06 bits per heavy atom. The van der Waals surface area contributed by atoms with Gasteiger partial charge in [0, 0.05) is 29.3 Å². The standard InChI is InChI=1S/C22H26N2O4.C2H2O4/c1-4-28-20-10-15-16-9-14(25)6-7-18(16)24-22(17(15)11-19(20)26-2)13-5-8-21(27-3)23-12-13;3-1(4)2(5)6/h5,8,10-12,14,16,18,25H,4,6-7,9H2,1-3H3;(H,3,4)(H,5,6)/t14-,16-,18-;/m1./s1. The van der Waals surface area contributed by atoms with Gasteiger partial charge in [-0.1, -0.05) is 0 Å². The van der Waals surface area contributed by atoms with Crippen LogP contribution in [0.1, 0.15) is 48.8 Å². The highest BCUT2D eigenvalue weighted by atomic mass is 16.5. The number of carboxylic acids is 2. The molecule has 2 aliphatic rings. The predicted octanol–water partition coefficient (Wildman–Crippen LogP) is 2.50. The average Bonchev–Trinajstić information content (AvgIpc) is 2.84. The predicted molar refractivity (Wildman–Crippen MR) is 122 cm³/mol. The largest absolute Gasteiger partial charge is 0.493 e. The first kappa shape index (κ1) is 25.0. The van der Waals surface area contributed by atoms with E-state index < -0.39 is 11.9 Å². The Hall–Kier alpha value is -3.66. The van der Waals surface area contributed by atoms with Crippen molar-refractivity contribution in [1.29, 1.82) is 0 Å². The van der Waals surface area contributed by atoms with Crippen LogP contribution in [-0.4, -0.2) is 70.9 Å². The van der Waals surface area contributed by atoms with Gasteiger partial charge in [0.2, 0.25) is 5.88 Å². The molecule has 10 nitrogen and oxygen atoms in total. The third-order valence-electron chi connectivity index (χ3n) is 5.77. The monoisotopic (exact) mass is 472 g/mol. The maximum absolute atomic E-state index is 10.3. The van der Waals surface area contributed by atoms with Crippen LogP contribution in [0.15, 0.2) is 35.5 Å². The van der Waals surface area contributed by atoms with Crippen LogP contribution < -0.4 is 14.2 Å². The molecule has 10 heteroatoms. The Balaban J connectivity index is 0.000000481. The van der Waals surface area contributed by atoms with E-state index in [4.69, 9.17) is 39.0 Å². The van der Waals surface area contributed by atoms with Gasteiger partial charge < -0.3 is 29.5 Å². The lowest BCUT2D eigenvalue weighted by molar-refractivity contribution is -0.159. The van der Waals surface area contributed by atoms with Crippen molar-refractivity contribution in [2.75, 3.05) is 20.8 Å². The van der Waals surface area contributed by atoms with Crippen molar-refractivity contribution in [2.45, 2.75) is 44.2 Å². The maximum Gasteiger partial charge on any atom is 0.414 e. The van der Waals surface area contributed by atoms with E-state index in [0.29, 0.717) is 24.7 Å². The van der Waals surface area contributed by atoms with Crippen molar-refractivity contribution in [1.82, 2.24) is 4.98 Å². The van der Waals surface area contributed by atoms with E-state index in [1.165, 1.54) is 0 Å². The maximum atomic E-state index is 10.3. The summed E-state index contributed by atoms with van der Waals surface area (Å²) in [6.07, 6.45) is 3.87. The van der Waals surface area contributed by atoms with Gasteiger partial charge in [0.05, 0.1) is 38.7 Å². The number of ether oxygens (including phenoxy) is 3. The van der Waals surface area contributed by atoms with Crippen molar-refractivity contribution in [2.24, 2.45) is 4.99 Å². The van der Waals surface area contributed by atoms with Crippen LogP contribution in [0.5, 0.6) is 17.4 Å². The summed E-state index contributed by atoms with van der Waals surface area (Å²) in [6.45, 7) is 2.52. The minimum Gasteiger partial charge on any atom is -0.493 e. The van der Waals surface area contributed by atoms with Crippen LogP contribution in [0.25, 0.3) is 0 Å². The number of carboxylic acid groups (broad SMARTS) is 2. The summed E-state index contributed by atoms with van der Waals surface area (Å²) >= 11 is 0. The minimum absolute atomic E-state index is 0.149. The van der Waals surface area contributed by atoms with Gasteiger partial charge in [0.1, 0.15) is 0 Å². The first-order chi connectivity index (χ1) is 16.3. The fourth-order valence-corrected chi connectivity index (χ4v) is 4.24. The fourth-order valence-electron chi connectivity index (χ4n) is 4.24. The van der Waals surface area contributed by atoms with E-state index in [2.05, 4.69) is 11.1 Å². The number of aliphatic hydroxyl groups is 1. The summed E-state index contributed by atoms with van der Waals surface area (Å²) in [5.74, 6) is -1.48. The lowest BCUT2D eigenvalue weighted by atomic mass is 9.74. The number of aliphatic imine (C=N–C) groups is 1. The number of hydrogen-bond donors (Lipinski definition) is 3. The summed E-state index contributed by atoms with van der Waals surface area (Å²) < 4.78 is 16.6. The molecule has 1 aromatic carbocycles. The zero-order valence-corrected chi connectivity index (χ0v) is 19.2. The van der Waals surface area contributed by atoms with Gasteiger partial charge in [-0.3, -0.25) is 4.99 Å². The van der Waals surface area contributed by atoms with Gasteiger partial charge in [-0.25, -0.2) is 14.6 Å². The molecule has 182 valence electrons. The number of pyridine rings is 1. The van der Waals surface area contributed by atoms with Gasteiger partial charge >= 0.3 is 11.9 Å². The van der Waals surface area contributed by atoms with E-state index in [-0.39, 0.29) is 18.1 Å². The van der Waals surface area contributed by atoms with Crippen molar-refractivity contribution >= 4 is 17.7 Å². The molecule has 0 radical (unpaired) electrons. The number of nitrogens with zero attached hydrogens (tertiary/aromatic N) is 2. The van der Waals surface area contributed by atoms with Crippen LogP contribution in [0.3, 0.4) is 0 Å². The molecular formula is C24H28N2O8. The molecule has 1 aromatic heterocycles. The fraction of sp³-hybridized carbons (Fsp3) is 0.417. The quantitative estimate of drug-likeness (QED) is 0.558. The average molecular weight is 472 g/mol. The zero-order chi connectivity index (χ0) is 24.8. The van der Waals surface area contributed by atoms with Gasteiger partial charge in [-0.15, -0.1) is 0 Å². The van der Waals surface area contributed by atoms with Crippen molar-refractivity contribution in [3.05, 3.63) is 47.2 Å². The second-order valence-electron chi connectivity index (χ2n) is 7.84. The third-order valence-corrected chi connectivity index (χ3v) is 5.77. The smallest absolute Gasteiger partial charge is 0.414 e. The number of aliphatic hydroxyl groups excluding tert-OH is 1. The molecule has 3 N–H and O–H groups in total. The number of methoxy groups -OCH3 is 2. The molecule has 2 heterocycles. The zero-order valence-electron chi connectivity index (χ0n) is 19.2. The highest BCUT2D eigenvalue weighted by Gasteiger charge is 2.37. The first-order valence-electron chi connectivity index (χ1n) is 10.9. The molecule has 4 rings (SSSR count). The van der Waals surface area contributed by atoms with Gasteiger partial charge in [-0.05, 0) is 49.9 Å². The Kier molecular flexibility index (Phi) is 8.06. The Morgan fingerprint density at radius 2 is 1.79 bits per heavy atom. The van der Waals surface area contributed by atoms with Crippen molar-refractivity contribution in [3.63, 3.8) is 0 Å². The van der Waals surface area contributed by atoms with Crippen LogP contribution in [0.4, 0.5) is 0 Å². The molecule has 0 unspecified atom stereocenters. The highest BCUT2D eigenvalue weighted by Crippen LogP contribution is 2.44. The molecule has 1 saturated carbocycles. The van der Waals surface area contributed by atoms with Gasteiger partial charge in [-0.2, -0.15) is 0 Å². The lowest BCUT2D eigenvalue weighted by Gasteiger charge is -2.37. The summed E-state index contributed by atoms with van der Waals surface area (Å²) in [7, 11) is 3.25. The van der Waals surface area contributed by atoms with Crippen molar-refractivity contribution in [3.8, 4) is 17.4 Å². The van der Waals surface area contributed by atoms with E-state index in [1.807, 2.05) is 25.1 Å². The van der Waals surface area contributed by atoms with E-state index in [1.54, 1.807) is 20.4 Å². The third kappa shape index (κ3) is 5.45. The highest BCUT2D eigenvalue weighted by molar-refractivity contribution is 6.27. The molecule has 0 saturated heterocycles. The molecule has 1 aliphatic carbocycles. The van der Waals surface area contributed by atoms with Crippen LogP contribution >= 0.6 is 0 Å². The summed E-state index contributed by atoms with van der Waals surface area (Å²) in [5.41, 5.74) is 4.03. The van der Waals surface area contributed by atoms with Crippen LogP contribution in [0.2, 0.25) is 0 Å². The van der Waals surface area contributed by atoms with Gasteiger partial charge in [0.15, 0.2) is 11.5 Å². The second-order valence-corrected chi connectivity index (χ2v) is 7.84. The molecular weight excluding hydrogens is 444 g/mol. The molecule has 3 atom stereocenters. The van der Waals surface area contributed by atoms with E-state index in [0.717, 1.165) is 41.0 Å². The molecule has 0 amide bonds. The molecule has 1 aliphatic heterocycles. The Bertz CT molecular complexity index is 1060. The lowest BCUT2D eigenvalue weighted by Crippen LogP contribution is -2.34. The summed E-state index contributed by atoms with van der Waals surface area (Å²) in [6, 6.07) is 8.05. The number of aliphatic carboxylic acids is 2. The second kappa shape index (κ2) is 11.0. The van der Waals surface area contributed by atoms with Crippen LogP contribution in [0, 0.1) is 0 Å². The molecule has 0 spiro atoms. The number of fused-ring (bicyclic) bond motifs is 3.